The first-order valence-electron chi connectivity index (χ1n) is 10.2. The van der Waals surface area contributed by atoms with E-state index in [-0.39, 0.29) is 18.3 Å². The molecule has 0 aliphatic carbocycles. The minimum Gasteiger partial charge on any atom is -0.455 e. The van der Waals surface area contributed by atoms with E-state index in [1.165, 1.54) is 11.8 Å². The molecule has 0 spiro atoms. The van der Waals surface area contributed by atoms with Gasteiger partial charge in [-0.05, 0) is 23.6 Å². The molecule has 4 rings (SSSR count). The van der Waals surface area contributed by atoms with Gasteiger partial charge in [-0.25, -0.2) is 0 Å². The zero-order valence-electron chi connectivity index (χ0n) is 18.0. The van der Waals surface area contributed by atoms with Gasteiger partial charge < -0.3 is 9.64 Å². The third-order valence-electron chi connectivity index (χ3n) is 4.75. The van der Waals surface area contributed by atoms with Crippen LogP contribution in [-0.4, -0.2) is 50.9 Å². The molecule has 2 aromatic carbocycles. The Bertz CT molecular complexity index is 1200. The average molecular weight is 479 g/mol. The van der Waals surface area contributed by atoms with Gasteiger partial charge in [-0.15, -0.1) is 21.5 Å². The average Bonchev–Trinajstić information content (AvgIpc) is 3.52. The summed E-state index contributed by atoms with van der Waals surface area (Å²) >= 11 is 2.80. The van der Waals surface area contributed by atoms with Crippen molar-refractivity contribution in [3.63, 3.8) is 0 Å². The fourth-order valence-corrected chi connectivity index (χ4v) is 4.60. The summed E-state index contributed by atoms with van der Waals surface area (Å²) in [5, 5.41) is 11.2. The molecular weight excluding hydrogens is 456 g/mol. The molecule has 2 heterocycles. The van der Waals surface area contributed by atoms with Gasteiger partial charge in [0.25, 0.3) is 5.91 Å². The van der Waals surface area contributed by atoms with Crippen molar-refractivity contribution in [3.05, 3.63) is 83.1 Å². The van der Waals surface area contributed by atoms with Gasteiger partial charge in [-0.1, -0.05) is 66.4 Å². The summed E-state index contributed by atoms with van der Waals surface area (Å²) in [6.07, 6.45) is 0. The Morgan fingerprint density at radius 2 is 1.73 bits per heavy atom. The van der Waals surface area contributed by atoms with Crippen LogP contribution in [0.1, 0.15) is 4.88 Å². The normalized spacial score (nSPS) is 10.7. The van der Waals surface area contributed by atoms with Crippen molar-refractivity contribution in [2.75, 3.05) is 19.4 Å². The van der Waals surface area contributed by atoms with Crippen LogP contribution in [0.5, 0.6) is 0 Å². The van der Waals surface area contributed by atoms with Crippen LogP contribution in [0.4, 0.5) is 0 Å². The highest BCUT2D eigenvalue weighted by molar-refractivity contribution is 7.99. The Hall–Kier alpha value is -3.43. The number of esters is 1. The van der Waals surface area contributed by atoms with E-state index in [0.29, 0.717) is 17.5 Å². The largest absolute Gasteiger partial charge is 0.455 e. The summed E-state index contributed by atoms with van der Waals surface area (Å²) < 4.78 is 7.11. The van der Waals surface area contributed by atoms with E-state index in [4.69, 9.17) is 4.74 Å². The first kappa shape index (κ1) is 22.8. The van der Waals surface area contributed by atoms with Crippen molar-refractivity contribution in [1.82, 2.24) is 19.7 Å². The van der Waals surface area contributed by atoms with Crippen molar-refractivity contribution >= 4 is 35.0 Å². The molecule has 33 heavy (non-hydrogen) atoms. The SMILES string of the molecule is CN(Cc1cccs1)C(=O)COC(=O)CSc1nnc(-c2ccccc2)n1-c1ccccc1. The molecule has 0 saturated heterocycles. The lowest BCUT2D eigenvalue weighted by Crippen LogP contribution is -2.30. The standard InChI is InChI=1S/C24H22N4O3S2/c1-27(15-20-13-8-14-32-20)21(29)16-31-22(30)17-33-24-26-25-23(18-9-4-2-5-10-18)28(24)19-11-6-3-7-12-19/h2-14H,15-17H2,1H3. The monoisotopic (exact) mass is 478 g/mol. The number of carbonyl (C=O) groups excluding carboxylic acids is 2. The Kier molecular flexibility index (Phi) is 7.54. The summed E-state index contributed by atoms with van der Waals surface area (Å²) in [7, 11) is 1.69. The van der Waals surface area contributed by atoms with Gasteiger partial charge in [0.05, 0.1) is 12.3 Å². The highest BCUT2D eigenvalue weighted by Gasteiger charge is 2.18. The molecule has 4 aromatic rings. The second-order valence-electron chi connectivity index (χ2n) is 7.12. The summed E-state index contributed by atoms with van der Waals surface area (Å²) in [5.74, 6) is -0.0350. The van der Waals surface area contributed by atoms with Crippen molar-refractivity contribution in [2.24, 2.45) is 0 Å². The molecule has 168 valence electrons. The number of aromatic nitrogens is 3. The molecule has 0 bridgehead atoms. The van der Waals surface area contributed by atoms with Gasteiger partial charge in [0, 0.05) is 23.2 Å². The number of likely N-dealkylation sites (N-methyl/N-ethyl adjacent to an activating group) is 1. The maximum Gasteiger partial charge on any atom is 0.316 e. The van der Waals surface area contributed by atoms with E-state index in [1.807, 2.05) is 82.7 Å². The molecule has 9 heteroatoms. The lowest BCUT2D eigenvalue weighted by Gasteiger charge is -2.16. The van der Waals surface area contributed by atoms with Gasteiger partial charge in [0.15, 0.2) is 17.6 Å². The van der Waals surface area contributed by atoms with Gasteiger partial charge in [0.2, 0.25) is 0 Å². The maximum absolute atomic E-state index is 12.3. The first-order chi connectivity index (χ1) is 16.1. The van der Waals surface area contributed by atoms with Crippen LogP contribution in [0.2, 0.25) is 0 Å². The number of thioether (sulfide) groups is 1. The van der Waals surface area contributed by atoms with E-state index in [9.17, 15) is 9.59 Å². The lowest BCUT2D eigenvalue weighted by atomic mass is 10.2. The van der Waals surface area contributed by atoms with E-state index in [1.54, 1.807) is 23.3 Å². The summed E-state index contributed by atoms with van der Waals surface area (Å²) in [4.78, 5) is 27.2. The molecule has 0 saturated carbocycles. The summed E-state index contributed by atoms with van der Waals surface area (Å²) in [6, 6.07) is 23.4. The lowest BCUT2D eigenvalue weighted by molar-refractivity contribution is -0.149. The summed E-state index contributed by atoms with van der Waals surface area (Å²) in [6.45, 7) is 0.202. The Balaban J connectivity index is 1.39. The van der Waals surface area contributed by atoms with Gasteiger partial charge in [-0.3, -0.25) is 14.2 Å². The highest BCUT2D eigenvalue weighted by atomic mass is 32.2. The van der Waals surface area contributed by atoms with Gasteiger partial charge in [0.1, 0.15) is 0 Å². The Labute approximate surface area is 200 Å². The maximum atomic E-state index is 12.3. The molecule has 7 nitrogen and oxygen atoms in total. The van der Waals surface area contributed by atoms with Crippen LogP contribution < -0.4 is 0 Å². The van der Waals surface area contributed by atoms with Crippen LogP contribution in [0.15, 0.2) is 83.3 Å². The molecule has 0 radical (unpaired) electrons. The predicted molar refractivity (Wildman–Crippen MR) is 129 cm³/mol. The summed E-state index contributed by atoms with van der Waals surface area (Å²) in [5.41, 5.74) is 1.81. The molecule has 2 aromatic heterocycles. The third kappa shape index (κ3) is 5.88. The van der Waals surface area contributed by atoms with Crippen molar-refractivity contribution < 1.29 is 14.3 Å². The fraction of sp³-hybridized carbons (Fsp3) is 0.167. The van der Waals surface area contributed by atoms with Crippen LogP contribution in [-0.2, 0) is 20.9 Å². The predicted octanol–water partition coefficient (Wildman–Crippen LogP) is 4.29. The Morgan fingerprint density at radius 1 is 1.00 bits per heavy atom. The molecule has 0 fully saturated rings. The molecule has 0 unspecified atom stereocenters. The number of nitrogens with zero attached hydrogens (tertiary/aromatic N) is 4. The number of ether oxygens (including phenoxy) is 1. The number of carbonyl (C=O) groups is 2. The number of rotatable bonds is 9. The molecule has 0 aliphatic rings. The van der Waals surface area contributed by atoms with E-state index < -0.39 is 5.97 Å². The first-order valence-corrected chi connectivity index (χ1v) is 12.1. The molecule has 1 amide bonds. The molecule has 0 atom stereocenters. The second kappa shape index (κ2) is 10.9. The zero-order valence-corrected chi connectivity index (χ0v) is 19.6. The van der Waals surface area contributed by atoms with Crippen LogP contribution in [0.25, 0.3) is 17.1 Å². The van der Waals surface area contributed by atoms with Crippen molar-refractivity contribution in [3.8, 4) is 17.1 Å². The van der Waals surface area contributed by atoms with Crippen LogP contribution in [0.3, 0.4) is 0 Å². The number of amides is 1. The zero-order chi connectivity index (χ0) is 23.0. The number of thiophene rings is 1. The smallest absolute Gasteiger partial charge is 0.316 e. The van der Waals surface area contributed by atoms with E-state index in [2.05, 4.69) is 10.2 Å². The number of benzene rings is 2. The molecule has 0 N–H and O–H groups in total. The third-order valence-corrected chi connectivity index (χ3v) is 6.52. The van der Waals surface area contributed by atoms with Gasteiger partial charge in [-0.2, -0.15) is 0 Å². The van der Waals surface area contributed by atoms with Crippen molar-refractivity contribution in [2.45, 2.75) is 11.7 Å². The highest BCUT2D eigenvalue weighted by Crippen LogP contribution is 2.27. The van der Waals surface area contributed by atoms with E-state index in [0.717, 1.165) is 16.1 Å². The van der Waals surface area contributed by atoms with Gasteiger partial charge >= 0.3 is 5.97 Å². The topological polar surface area (TPSA) is 77.3 Å². The van der Waals surface area contributed by atoms with Crippen LogP contribution >= 0.6 is 23.1 Å². The van der Waals surface area contributed by atoms with Crippen LogP contribution in [0, 0.1) is 0 Å². The van der Waals surface area contributed by atoms with E-state index >= 15 is 0 Å². The Morgan fingerprint density at radius 3 is 2.42 bits per heavy atom. The molecule has 0 aliphatic heterocycles. The number of hydrogen-bond acceptors (Lipinski definition) is 7. The number of para-hydroxylation sites is 1. The quantitative estimate of drug-likeness (QED) is 0.264. The fourth-order valence-electron chi connectivity index (χ4n) is 3.09. The second-order valence-corrected chi connectivity index (χ2v) is 9.10. The minimum atomic E-state index is -0.484. The molecular formula is C24H22N4O3S2. The minimum absolute atomic E-state index is 0.0156. The number of hydrogen-bond donors (Lipinski definition) is 0. The van der Waals surface area contributed by atoms with Crippen molar-refractivity contribution in [1.29, 1.82) is 0 Å².